The smallest absolute Gasteiger partial charge is 0.264 e. The number of amides is 1. The molecule has 0 unspecified atom stereocenters. The zero-order valence-electron chi connectivity index (χ0n) is 17.7. The highest BCUT2D eigenvalue weighted by Gasteiger charge is 2.27. The summed E-state index contributed by atoms with van der Waals surface area (Å²) in [6.45, 7) is 0.0831. The Kier molecular flexibility index (Phi) is 8.14. The molecule has 32 heavy (non-hydrogen) atoms. The van der Waals surface area contributed by atoms with Crippen LogP contribution in [0.1, 0.15) is 12.0 Å². The van der Waals surface area contributed by atoms with E-state index in [0.717, 1.165) is 9.87 Å². The quantitative estimate of drug-likeness (QED) is 0.446. The van der Waals surface area contributed by atoms with Crippen LogP contribution >= 0.6 is 11.6 Å². The summed E-state index contributed by atoms with van der Waals surface area (Å²) < 4.78 is 32.8. The number of anilines is 1. The molecule has 168 valence electrons. The van der Waals surface area contributed by atoms with Gasteiger partial charge in [0.25, 0.3) is 10.0 Å². The highest BCUT2D eigenvalue weighted by molar-refractivity contribution is 7.92. The van der Waals surface area contributed by atoms with Gasteiger partial charge < -0.3 is 10.1 Å². The third-order valence-electron chi connectivity index (χ3n) is 4.88. The van der Waals surface area contributed by atoms with Gasteiger partial charge in [0.05, 0.1) is 17.7 Å². The van der Waals surface area contributed by atoms with Crippen LogP contribution in [0.4, 0.5) is 5.69 Å². The second kappa shape index (κ2) is 11.0. The van der Waals surface area contributed by atoms with Gasteiger partial charge in [0.2, 0.25) is 5.91 Å². The normalized spacial score (nSPS) is 11.1. The van der Waals surface area contributed by atoms with Crippen LogP contribution in [0.15, 0.2) is 83.8 Å². The molecule has 0 saturated heterocycles. The summed E-state index contributed by atoms with van der Waals surface area (Å²) in [6.07, 6.45) is 1.40. The van der Waals surface area contributed by atoms with E-state index in [1.807, 2.05) is 24.3 Å². The van der Waals surface area contributed by atoms with E-state index in [9.17, 15) is 13.2 Å². The van der Waals surface area contributed by atoms with Crippen LogP contribution in [-0.4, -0.2) is 34.5 Å². The first-order chi connectivity index (χ1) is 15.4. The van der Waals surface area contributed by atoms with Crippen LogP contribution in [0.3, 0.4) is 0 Å². The predicted molar refractivity (Wildman–Crippen MR) is 127 cm³/mol. The molecule has 0 aromatic heterocycles. The van der Waals surface area contributed by atoms with Gasteiger partial charge in [0.15, 0.2) is 0 Å². The molecule has 1 amide bonds. The highest BCUT2D eigenvalue weighted by atomic mass is 35.5. The number of benzene rings is 3. The third-order valence-corrected chi connectivity index (χ3v) is 7.04. The fourth-order valence-corrected chi connectivity index (χ4v) is 4.83. The SMILES string of the molecule is COc1ccc(S(=O)(=O)N(CC(=O)NCCCc2ccccc2Cl)c2ccccc2)cc1. The van der Waals surface area contributed by atoms with Gasteiger partial charge in [-0.25, -0.2) is 8.42 Å². The molecule has 0 heterocycles. The Hall–Kier alpha value is -3.03. The van der Waals surface area contributed by atoms with E-state index < -0.39 is 10.0 Å². The number of sulfonamides is 1. The van der Waals surface area contributed by atoms with E-state index in [1.165, 1.54) is 19.2 Å². The Morgan fingerprint density at radius 3 is 2.28 bits per heavy atom. The summed E-state index contributed by atoms with van der Waals surface area (Å²) in [5.41, 5.74) is 1.42. The summed E-state index contributed by atoms with van der Waals surface area (Å²) in [5.74, 6) is 0.163. The maximum atomic E-state index is 13.3. The number of hydrogen-bond acceptors (Lipinski definition) is 4. The predicted octanol–water partition coefficient (Wildman–Crippen LogP) is 4.29. The highest BCUT2D eigenvalue weighted by Crippen LogP contribution is 2.25. The van der Waals surface area contributed by atoms with Crippen molar-refractivity contribution >= 4 is 33.2 Å². The Bertz CT molecular complexity index is 1140. The van der Waals surface area contributed by atoms with Crippen LogP contribution in [0.2, 0.25) is 5.02 Å². The molecule has 0 saturated carbocycles. The number of rotatable bonds is 10. The van der Waals surface area contributed by atoms with Crippen molar-refractivity contribution in [3.8, 4) is 5.75 Å². The standard InChI is InChI=1S/C24H25ClN2O4S/c1-31-21-13-15-22(16-14-21)32(29,30)27(20-10-3-2-4-11-20)18-24(28)26-17-7-9-19-8-5-6-12-23(19)25/h2-6,8,10-16H,7,9,17-18H2,1H3,(H,26,28). The lowest BCUT2D eigenvalue weighted by Gasteiger charge is -2.24. The van der Waals surface area contributed by atoms with Crippen molar-refractivity contribution in [2.45, 2.75) is 17.7 Å². The zero-order valence-corrected chi connectivity index (χ0v) is 19.3. The molecule has 0 spiro atoms. The molecular weight excluding hydrogens is 448 g/mol. The number of ether oxygens (including phenoxy) is 1. The maximum absolute atomic E-state index is 13.3. The van der Waals surface area contributed by atoms with Crippen molar-refractivity contribution in [2.24, 2.45) is 0 Å². The lowest BCUT2D eigenvalue weighted by atomic mass is 10.1. The lowest BCUT2D eigenvalue weighted by Crippen LogP contribution is -2.41. The molecule has 1 N–H and O–H groups in total. The molecule has 3 aromatic carbocycles. The molecule has 3 aromatic rings. The van der Waals surface area contributed by atoms with Gasteiger partial charge in [-0.3, -0.25) is 9.10 Å². The van der Waals surface area contributed by atoms with Crippen LogP contribution in [0.25, 0.3) is 0 Å². The van der Waals surface area contributed by atoms with Crippen molar-refractivity contribution in [3.63, 3.8) is 0 Å². The molecule has 0 aliphatic rings. The molecule has 0 fully saturated rings. The average molecular weight is 473 g/mol. The Labute approximate surface area is 193 Å². The number of nitrogens with one attached hydrogen (secondary N) is 1. The first-order valence-corrected chi connectivity index (χ1v) is 12.0. The van der Waals surface area contributed by atoms with Gasteiger partial charge >= 0.3 is 0 Å². The number of hydrogen-bond donors (Lipinski definition) is 1. The van der Waals surface area contributed by atoms with Crippen LogP contribution in [-0.2, 0) is 21.2 Å². The Balaban J connectivity index is 1.69. The summed E-state index contributed by atoms with van der Waals surface area (Å²) in [5, 5.41) is 3.50. The third kappa shape index (κ3) is 6.02. The fraction of sp³-hybridized carbons (Fsp3) is 0.208. The van der Waals surface area contributed by atoms with Gasteiger partial charge in [-0.15, -0.1) is 0 Å². The summed E-state index contributed by atoms with van der Waals surface area (Å²) in [4.78, 5) is 12.7. The minimum Gasteiger partial charge on any atom is -0.497 e. The van der Waals surface area contributed by atoms with E-state index in [2.05, 4.69) is 5.32 Å². The zero-order chi connectivity index (χ0) is 23.0. The van der Waals surface area contributed by atoms with E-state index in [0.29, 0.717) is 35.8 Å². The summed E-state index contributed by atoms with van der Waals surface area (Å²) in [7, 11) is -2.44. The molecule has 0 atom stereocenters. The first-order valence-electron chi connectivity index (χ1n) is 10.1. The largest absolute Gasteiger partial charge is 0.497 e. The molecule has 8 heteroatoms. The molecule has 0 aliphatic heterocycles. The van der Waals surface area contributed by atoms with Crippen LogP contribution < -0.4 is 14.4 Å². The van der Waals surface area contributed by atoms with E-state index in [4.69, 9.17) is 16.3 Å². The van der Waals surface area contributed by atoms with Gasteiger partial charge in [-0.05, 0) is 60.9 Å². The van der Waals surface area contributed by atoms with Crippen molar-refractivity contribution in [1.29, 1.82) is 0 Å². The van der Waals surface area contributed by atoms with Crippen molar-refractivity contribution in [3.05, 3.63) is 89.4 Å². The topological polar surface area (TPSA) is 75.7 Å². The minimum atomic E-state index is -3.95. The number of halogens is 1. The summed E-state index contributed by atoms with van der Waals surface area (Å²) >= 11 is 6.16. The number of carbonyl (C=O) groups is 1. The second-order valence-corrected chi connectivity index (χ2v) is 9.34. The van der Waals surface area contributed by atoms with E-state index in [-0.39, 0.29) is 17.3 Å². The van der Waals surface area contributed by atoms with Gasteiger partial charge in [-0.2, -0.15) is 0 Å². The number of aryl methyl sites for hydroxylation is 1. The molecule has 0 bridgehead atoms. The Morgan fingerprint density at radius 2 is 1.62 bits per heavy atom. The number of para-hydroxylation sites is 1. The van der Waals surface area contributed by atoms with Crippen molar-refractivity contribution in [2.75, 3.05) is 24.5 Å². The molecule has 0 radical (unpaired) electrons. The monoisotopic (exact) mass is 472 g/mol. The fourth-order valence-electron chi connectivity index (χ4n) is 3.18. The summed E-state index contributed by atoms with van der Waals surface area (Å²) in [6, 6.07) is 22.2. The lowest BCUT2D eigenvalue weighted by molar-refractivity contribution is -0.119. The molecule has 3 rings (SSSR count). The van der Waals surface area contributed by atoms with Gasteiger partial charge in [-0.1, -0.05) is 48.0 Å². The molecule has 6 nitrogen and oxygen atoms in total. The van der Waals surface area contributed by atoms with E-state index >= 15 is 0 Å². The maximum Gasteiger partial charge on any atom is 0.264 e. The van der Waals surface area contributed by atoms with Gasteiger partial charge in [0, 0.05) is 11.6 Å². The van der Waals surface area contributed by atoms with Crippen LogP contribution in [0, 0.1) is 0 Å². The minimum absolute atomic E-state index is 0.0775. The van der Waals surface area contributed by atoms with Crippen LogP contribution in [0.5, 0.6) is 5.75 Å². The van der Waals surface area contributed by atoms with Gasteiger partial charge in [0.1, 0.15) is 12.3 Å². The first kappa shape index (κ1) is 23.6. The van der Waals surface area contributed by atoms with E-state index in [1.54, 1.807) is 42.5 Å². The average Bonchev–Trinajstić information content (AvgIpc) is 2.82. The number of methoxy groups -OCH3 is 1. The van der Waals surface area contributed by atoms with Crippen molar-refractivity contribution < 1.29 is 17.9 Å². The second-order valence-electron chi connectivity index (χ2n) is 7.07. The molecule has 0 aliphatic carbocycles. The Morgan fingerprint density at radius 1 is 0.969 bits per heavy atom. The number of carbonyl (C=O) groups excluding carboxylic acids is 1. The molecular formula is C24H25ClN2O4S. The van der Waals surface area contributed by atoms with Crippen molar-refractivity contribution in [1.82, 2.24) is 5.32 Å². The number of nitrogens with zero attached hydrogens (tertiary/aromatic N) is 1.